The molecular formula is C19H24N4O3. The first-order chi connectivity index (χ1) is 12.6. The maximum absolute atomic E-state index is 11.3. The minimum absolute atomic E-state index is 0.0464. The van der Waals surface area contributed by atoms with Gasteiger partial charge < -0.3 is 15.6 Å². The first-order valence-corrected chi connectivity index (χ1v) is 8.68. The van der Waals surface area contributed by atoms with E-state index < -0.39 is 5.91 Å². The van der Waals surface area contributed by atoms with Crippen molar-refractivity contribution in [2.75, 3.05) is 13.2 Å². The summed E-state index contributed by atoms with van der Waals surface area (Å²) in [7, 11) is 0. The first kappa shape index (κ1) is 19.6. The van der Waals surface area contributed by atoms with E-state index in [1.807, 2.05) is 12.1 Å². The van der Waals surface area contributed by atoms with Crippen LogP contribution in [0.3, 0.4) is 0 Å². The molecule has 0 saturated carbocycles. The largest absolute Gasteiger partial charge is 0.396 e. The van der Waals surface area contributed by atoms with Crippen LogP contribution in [0.2, 0.25) is 0 Å². The molecule has 1 aromatic carbocycles. The summed E-state index contributed by atoms with van der Waals surface area (Å²) in [4.78, 5) is 15.4. The molecule has 2 aromatic rings. The first-order valence-electron chi connectivity index (χ1n) is 8.68. The standard InChI is InChI=1S/C19H24N4O3/c1-2-3-5-15-6-8-16(9-7-15)10-11-17-21-19(18(20)25)22-23(17)14-26-13-4-12-24/h6-9,24H,2-5,12-14H2,1H3,(H2,20,25). The van der Waals surface area contributed by atoms with Gasteiger partial charge in [0.05, 0.1) is 6.61 Å². The number of carbonyl (C=O) groups is 1. The Morgan fingerprint density at radius 3 is 2.69 bits per heavy atom. The van der Waals surface area contributed by atoms with Gasteiger partial charge in [-0.15, -0.1) is 5.10 Å². The van der Waals surface area contributed by atoms with E-state index in [-0.39, 0.29) is 19.2 Å². The van der Waals surface area contributed by atoms with Crippen LogP contribution < -0.4 is 5.73 Å². The number of carbonyl (C=O) groups excluding carboxylic acids is 1. The fourth-order valence-corrected chi connectivity index (χ4v) is 2.21. The smallest absolute Gasteiger partial charge is 0.288 e. The summed E-state index contributed by atoms with van der Waals surface area (Å²) in [5, 5.41) is 12.8. The number of aryl methyl sites for hydroxylation is 1. The highest BCUT2D eigenvalue weighted by Crippen LogP contribution is 2.07. The number of hydrogen-bond acceptors (Lipinski definition) is 5. The molecule has 2 rings (SSSR count). The zero-order valence-electron chi connectivity index (χ0n) is 14.9. The Balaban J connectivity index is 2.12. The van der Waals surface area contributed by atoms with Crippen LogP contribution in [0.25, 0.3) is 0 Å². The second-order valence-corrected chi connectivity index (χ2v) is 5.79. The van der Waals surface area contributed by atoms with Crippen molar-refractivity contribution in [3.8, 4) is 11.8 Å². The van der Waals surface area contributed by atoms with Crippen LogP contribution in [0.5, 0.6) is 0 Å². The molecule has 7 heteroatoms. The van der Waals surface area contributed by atoms with Crippen LogP contribution in [0.15, 0.2) is 24.3 Å². The highest BCUT2D eigenvalue weighted by Gasteiger charge is 2.12. The summed E-state index contributed by atoms with van der Waals surface area (Å²) in [6.45, 7) is 2.67. The van der Waals surface area contributed by atoms with Gasteiger partial charge in [-0.25, -0.2) is 4.68 Å². The average molecular weight is 356 g/mol. The van der Waals surface area contributed by atoms with Crippen LogP contribution >= 0.6 is 0 Å². The fourth-order valence-electron chi connectivity index (χ4n) is 2.21. The van der Waals surface area contributed by atoms with E-state index >= 15 is 0 Å². The molecule has 7 nitrogen and oxygen atoms in total. The number of primary amides is 1. The lowest BCUT2D eigenvalue weighted by Gasteiger charge is -2.03. The monoisotopic (exact) mass is 356 g/mol. The van der Waals surface area contributed by atoms with E-state index in [0.29, 0.717) is 18.9 Å². The normalized spacial score (nSPS) is 10.4. The quantitative estimate of drug-likeness (QED) is 0.523. The molecule has 1 heterocycles. The van der Waals surface area contributed by atoms with Crippen LogP contribution in [0.4, 0.5) is 0 Å². The molecule has 1 amide bonds. The van der Waals surface area contributed by atoms with Gasteiger partial charge in [0.2, 0.25) is 11.6 Å². The van der Waals surface area contributed by atoms with Gasteiger partial charge >= 0.3 is 0 Å². The predicted molar refractivity (Wildman–Crippen MR) is 97.2 cm³/mol. The van der Waals surface area contributed by atoms with Crippen molar-refractivity contribution < 1.29 is 14.6 Å². The second kappa shape index (κ2) is 10.3. The van der Waals surface area contributed by atoms with Gasteiger partial charge in [-0.05, 0) is 42.9 Å². The number of aromatic nitrogens is 3. The van der Waals surface area contributed by atoms with E-state index in [4.69, 9.17) is 15.6 Å². The lowest BCUT2D eigenvalue weighted by atomic mass is 10.1. The summed E-state index contributed by atoms with van der Waals surface area (Å²) < 4.78 is 6.77. The zero-order valence-corrected chi connectivity index (χ0v) is 14.9. The number of aliphatic hydroxyl groups excluding tert-OH is 1. The number of ether oxygens (including phenoxy) is 1. The van der Waals surface area contributed by atoms with Gasteiger partial charge in [-0.1, -0.05) is 31.4 Å². The number of nitrogens with zero attached hydrogens (tertiary/aromatic N) is 3. The van der Waals surface area contributed by atoms with Crippen LogP contribution in [-0.4, -0.2) is 39.0 Å². The van der Waals surface area contributed by atoms with Gasteiger partial charge in [-0.2, -0.15) is 4.98 Å². The third kappa shape index (κ3) is 5.99. The van der Waals surface area contributed by atoms with E-state index in [0.717, 1.165) is 12.0 Å². The molecular weight excluding hydrogens is 332 g/mol. The summed E-state index contributed by atoms with van der Waals surface area (Å²) in [5.41, 5.74) is 7.37. The topological polar surface area (TPSA) is 103 Å². The Morgan fingerprint density at radius 2 is 2.04 bits per heavy atom. The van der Waals surface area contributed by atoms with E-state index in [9.17, 15) is 4.79 Å². The lowest BCUT2D eigenvalue weighted by molar-refractivity contribution is 0.0575. The molecule has 0 unspecified atom stereocenters. The molecule has 0 saturated heterocycles. The molecule has 0 aliphatic rings. The van der Waals surface area contributed by atoms with Crippen LogP contribution in [-0.2, 0) is 17.9 Å². The summed E-state index contributed by atoms with van der Waals surface area (Å²) >= 11 is 0. The van der Waals surface area contributed by atoms with Crippen molar-refractivity contribution in [3.63, 3.8) is 0 Å². The molecule has 0 fully saturated rings. The summed E-state index contributed by atoms with van der Waals surface area (Å²) in [6.07, 6.45) is 3.91. The SMILES string of the molecule is CCCCc1ccc(C#Cc2nc(C(N)=O)nn2COCCCO)cc1. The third-order valence-corrected chi connectivity index (χ3v) is 3.64. The van der Waals surface area contributed by atoms with Crippen molar-refractivity contribution >= 4 is 5.91 Å². The van der Waals surface area contributed by atoms with Gasteiger partial charge in [-0.3, -0.25) is 4.79 Å². The van der Waals surface area contributed by atoms with E-state index in [1.165, 1.54) is 23.1 Å². The molecule has 138 valence electrons. The minimum atomic E-state index is -0.720. The molecule has 0 bridgehead atoms. The number of hydrogen-bond donors (Lipinski definition) is 2. The van der Waals surface area contributed by atoms with E-state index in [2.05, 4.69) is 41.0 Å². The molecule has 1 aromatic heterocycles. The number of nitrogens with two attached hydrogens (primary N) is 1. The summed E-state index contributed by atoms with van der Waals surface area (Å²) in [6, 6.07) is 8.06. The number of rotatable bonds is 9. The highest BCUT2D eigenvalue weighted by molar-refractivity contribution is 5.88. The molecule has 0 aliphatic carbocycles. The Hall–Kier alpha value is -2.69. The van der Waals surface area contributed by atoms with E-state index in [1.54, 1.807) is 0 Å². The van der Waals surface area contributed by atoms with Crippen molar-refractivity contribution in [3.05, 3.63) is 47.0 Å². The zero-order chi connectivity index (χ0) is 18.8. The van der Waals surface area contributed by atoms with Crippen molar-refractivity contribution in [2.45, 2.75) is 39.3 Å². The number of benzene rings is 1. The number of amides is 1. The maximum Gasteiger partial charge on any atom is 0.288 e. The van der Waals surface area contributed by atoms with Gasteiger partial charge in [0, 0.05) is 12.2 Å². The molecule has 3 N–H and O–H groups in total. The maximum atomic E-state index is 11.3. The van der Waals surface area contributed by atoms with Crippen LogP contribution in [0, 0.1) is 11.8 Å². The molecule has 0 aliphatic heterocycles. The average Bonchev–Trinajstić information content (AvgIpc) is 3.06. The Bertz CT molecular complexity index is 772. The molecule has 26 heavy (non-hydrogen) atoms. The Kier molecular flexibility index (Phi) is 7.80. The Morgan fingerprint density at radius 1 is 1.27 bits per heavy atom. The minimum Gasteiger partial charge on any atom is -0.396 e. The van der Waals surface area contributed by atoms with Crippen molar-refractivity contribution in [2.24, 2.45) is 5.73 Å². The third-order valence-electron chi connectivity index (χ3n) is 3.64. The number of aliphatic hydroxyl groups is 1. The van der Waals surface area contributed by atoms with Gasteiger partial charge in [0.15, 0.2) is 0 Å². The Labute approximate surface area is 153 Å². The molecule has 0 spiro atoms. The predicted octanol–water partition coefficient (Wildman–Crippen LogP) is 1.48. The van der Waals surface area contributed by atoms with Gasteiger partial charge in [0.1, 0.15) is 6.73 Å². The van der Waals surface area contributed by atoms with Crippen molar-refractivity contribution in [1.82, 2.24) is 14.8 Å². The van der Waals surface area contributed by atoms with Crippen molar-refractivity contribution in [1.29, 1.82) is 0 Å². The van der Waals surface area contributed by atoms with Crippen LogP contribution in [0.1, 0.15) is 53.8 Å². The summed E-state index contributed by atoms with van der Waals surface area (Å²) in [5.74, 6) is 5.41. The molecule has 0 atom stereocenters. The molecule has 0 radical (unpaired) electrons. The van der Waals surface area contributed by atoms with Gasteiger partial charge in [0.25, 0.3) is 5.91 Å². The number of unbranched alkanes of at least 4 members (excludes halogenated alkanes) is 1. The highest BCUT2D eigenvalue weighted by atomic mass is 16.5. The fraction of sp³-hybridized carbons (Fsp3) is 0.421. The lowest BCUT2D eigenvalue weighted by Crippen LogP contribution is -2.14. The second-order valence-electron chi connectivity index (χ2n) is 5.79.